The summed E-state index contributed by atoms with van der Waals surface area (Å²) < 4.78 is 5.46. The lowest BCUT2D eigenvalue weighted by Gasteiger charge is -2.16. The summed E-state index contributed by atoms with van der Waals surface area (Å²) in [6, 6.07) is 2.04. The van der Waals surface area contributed by atoms with Crippen LogP contribution in [0.1, 0.15) is 45.6 Å². The first-order chi connectivity index (χ1) is 8.52. The zero-order chi connectivity index (χ0) is 13.4. The van der Waals surface area contributed by atoms with E-state index in [0.29, 0.717) is 6.42 Å². The van der Waals surface area contributed by atoms with Crippen molar-refractivity contribution in [3.8, 4) is 0 Å². The van der Waals surface area contributed by atoms with Crippen molar-refractivity contribution in [2.75, 3.05) is 13.7 Å². The Kier molecular flexibility index (Phi) is 3.55. The van der Waals surface area contributed by atoms with Gasteiger partial charge in [-0.25, -0.2) is 0 Å². The second-order valence-electron chi connectivity index (χ2n) is 5.04. The Morgan fingerprint density at radius 1 is 1.39 bits per heavy atom. The van der Waals surface area contributed by atoms with Gasteiger partial charge in [0.2, 0.25) is 0 Å². The zero-order valence-electron chi connectivity index (χ0n) is 11.4. The predicted molar refractivity (Wildman–Crippen MR) is 70.0 cm³/mol. The third kappa shape index (κ3) is 1.78. The number of ether oxygens (including phenoxy) is 1. The molecule has 3 nitrogen and oxygen atoms in total. The minimum absolute atomic E-state index is 0.109. The van der Waals surface area contributed by atoms with E-state index in [0.717, 1.165) is 27.8 Å². The lowest BCUT2D eigenvalue weighted by atomic mass is 9.92. The van der Waals surface area contributed by atoms with E-state index in [4.69, 9.17) is 9.84 Å². The molecule has 0 bridgehead atoms. The van der Waals surface area contributed by atoms with Crippen molar-refractivity contribution in [3.05, 3.63) is 33.9 Å². The number of hydrogen-bond donors (Lipinski definition) is 1. The van der Waals surface area contributed by atoms with Gasteiger partial charge in [0.25, 0.3) is 0 Å². The van der Waals surface area contributed by atoms with Gasteiger partial charge in [-0.2, -0.15) is 0 Å². The van der Waals surface area contributed by atoms with Gasteiger partial charge in [0, 0.05) is 19.3 Å². The van der Waals surface area contributed by atoms with Gasteiger partial charge in [-0.3, -0.25) is 4.79 Å². The summed E-state index contributed by atoms with van der Waals surface area (Å²) in [7, 11) is 1.65. The Morgan fingerprint density at radius 3 is 2.61 bits per heavy atom. The van der Waals surface area contributed by atoms with Crippen molar-refractivity contribution in [2.24, 2.45) is 5.92 Å². The molecule has 0 heterocycles. The number of carbonyl (C=O) groups is 1. The number of rotatable bonds is 3. The van der Waals surface area contributed by atoms with Crippen molar-refractivity contribution in [1.29, 1.82) is 0 Å². The summed E-state index contributed by atoms with van der Waals surface area (Å²) in [5.74, 6) is 0.0426. The number of methoxy groups -OCH3 is 1. The average molecular weight is 248 g/mol. The highest BCUT2D eigenvalue weighted by atomic mass is 16.5. The lowest BCUT2D eigenvalue weighted by Crippen LogP contribution is -2.10. The molecule has 1 aromatic carbocycles. The van der Waals surface area contributed by atoms with Crippen LogP contribution in [0.5, 0.6) is 0 Å². The van der Waals surface area contributed by atoms with Crippen LogP contribution < -0.4 is 0 Å². The van der Waals surface area contributed by atoms with Crippen LogP contribution in [0.15, 0.2) is 6.07 Å². The molecule has 0 aromatic heterocycles. The number of ketones is 1. The molecule has 0 unspecified atom stereocenters. The number of hydrogen-bond acceptors (Lipinski definition) is 3. The van der Waals surface area contributed by atoms with E-state index < -0.39 is 0 Å². The third-order valence-electron chi connectivity index (χ3n) is 4.00. The fraction of sp³-hybridized carbons (Fsp3) is 0.533. The maximum absolute atomic E-state index is 12.3. The molecule has 98 valence electrons. The van der Waals surface area contributed by atoms with Crippen molar-refractivity contribution >= 4 is 5.78 Å². The molecule has 18 heavy (non-hydrogen) atoms. The zero-order valence-corrected chi connectivity index (χ0v) is 11.4. The molecule has 1 aromatic rings. The first-order valence-corrected chi connectivity index (χ1v) is 6.33. The number of benzene rings is 1. The van der Waals surface area contributed by atoms with Gasteiger partial charge in [0.1, 0.15) is 0 Å². The first-order valence-electron chi connectivity index (χ1n) is 6.33. The molecule has 3 heteroatoms. The Morgan fingerprint density at radius 2 is 2.06 bits per heavy atom. The first kappa shape index (κ1) is 13.2. The molecule has 2 atom stereocenters. The molecule has 0 radical (unpaired) electrons. The molecule has 1 aliphatic carbocycles. The van der Waals surface area contributed by atoms with Gasteiger partial charge >= 0.3 is 0 Å². The van der Waals surface area contributed by atoms with E-state index >= 15 is 0 Å². The summed E-state index contributed by atoms with van der Waals surface area (Å²) in [5, 5.41) is 9.12. The highest BCUT2D eigenvalue weighted by molar-refractivity contribution is 6.04. The van der Waals surface area contributed by atoms with Crippen molar-refractivity contribution < 1.29 is 14.6 Å². The van der Waals surface area contributed by atoms with Crippen LogP contribution in [0.4, 0.5) is 0 Å². The van der Waals surface area contributed by atoms with Crippen LogP contribution in [0.3, 0.4) is 0 Å². The van der Waals surface area contributed by atoms with Gasteiger partial charge in [-0.05, 0) is 42.5 Å². The number of aliphatic hydroxyl groups excluding tert-OH is 1. The predicted octanol–water partition coefficient (Wildman–Crippen LogP) is 2.36. The molecule has 1 aliphatic rings. The molecule has 0 spiro atoms. The standard InChI is InChI=1S/C15H20O3/c1-8-7-12-13(9(2)11(8)5-6-16)14(17)10(3)15(12)18-4/h7,10,15-16H,5-6H2,1-4H3/t10-,15+/m1/s1. The molecule has 0 saturated carbocycles. The van der Waals surface area contributed by atoms with Gasteiger partial charge < -0.3 is 9.84 Å². The fourth-order valence-electron chi connectivity index (χ4n) is 3.07. The van der Waals surface area contributed by atoms with Gasteiger partial charge in [0.15, 0.2) is 5.78 Å². The second kappa shape index (κ2) is 4.82. The van der Waals surface area contributed by atoms with Crippen molar-refractivity contribution in [2.45, 2.75) is 33.3 Å². The molecule has 0 aliphatic heterocycles. The molecular formula is C15H20O3. The molecule has 0 amide bonds. The smallest absolute Gasteiger partial charge is 0.169 e. The monoisotopic (exact) mass is 248 g/mol. The van der Waals surface area contributed by atoms with Crippen LogP contribution in [0.2, 0.25) is 0 Å². The molecule has 1 N–H and O–H groups in total. The number of Topliss-reactive ketones (excluding diaryl/α,β-unsaturated/α-hetero) is 1. The average Bonchev–Trinajstić information content (AvgIpc) is 2.57. The summed E-state index contributed by atoms with van der Waals surface area (Å²) in [6.07, 6.45) is 0.470. The van der Waals surface area contributed by atoms with Crippen LogP contribution >= 0.6 is 0 Å². The van der Waals surface area contributed by atoms with E-state index in [1.165, 1.54) is 0 Å². The van der Waals surface area contributed by atoms with Crippen LogP contribution in [0.25, 0.3) is 0 Å². The maximum Gasteiger partial charge on any atom is 0.169 e. The highest BCUT2D eigenvalue weighted by Gasteiger charge is 2.38. The summed E-state index contributed by atoms with van der Waals surface area (Å²) >= 11 is 0. The van der Waals surface area contributed by atoms with E-state index in [1.807, 2.05) is 26.8 Å². The van der Waals surface area contributed by atoms with E-state index in [-0.39, 0.29) is 24.4 Å². The highest BCUT2D eigenvalue weighted by Crippen LogP contribution is 2.41. The Labute approximate surface area is 108 Å². The summed E-state index contributed by atoms with van der Waals surface area (Å²) in [6.45, 7) is 6.02. The SMILES string of the molecule is CO[C@@H]1c2cc(C)c(CCO)c(C)c2C(=O)[C@H]1C. The molecule has 2 rings (SSSR count). The lowest BCUT2D eigenvalue weighted by molar-refractivity contribution is 0.0572. The Balaban J connectivity index is 2.63. The minimum Gasteiger partial charge on any atom is -0.396 e. The van der Waals surface area contributed by atoms with E-state index in [9.17, 15) is 4.79 Å². The number of aliphatic hydroxyl groups is 1. The van der Waals surface area contributed by atoms with E-state index in [2.05, 4.69) is 0 Å². The second-order valence-corrected chi connectivity index (χ2v) is 5.04. The molecule has 0 saturated heterocycles. The quantitative estimate of drug-likeness (QED) is 0.893. The largest absolute Gasteiger partial charge is 0.396 e. The summed E-state index contributed by atoms with van der Waals surface area (Å²) in [4.78, 5) is 12.3. The number of aryl methyl sites for hydroxylation is 1. The van der Waals surface area contributed by atoms with Crippen molar-refractivity contribution in [3.63, 3.8) is 0 Å². The van der Waals surface area contributed by atoms with Gasteiger partial charge in [0.05, 0.1) is 12.0 Å². The van der Waals surface area contributed by atoms with Gasteiger partial charge in [-0.1, -0.05) is 13.0 Å². The fourth-order valence-corrected chi connectivity index (χ4v) is 3.07. The van der Waals surface area contributed by atoms with E-state index in [1.54, 1.807) is 7.11 Å². The molecular weight excluding hydrogens is 228 g/mol. The Bertz CT molecular complexity index is 491. The van der Waals surface area contributed by atoms with Crippen LogP contribution in [0, 0.1) is 19.8 Å². The summed E-state index contributed by atoms with van der Waals surface area (Å²) in [5.41, 5.74) is 5.04. The van der Waals surface area contributed by atoms with Crippen molar-refractivity contribution in [1.82, 2.24) is 0 Å². The Hall–Kier alpha value is -1.19. The number of carbonyl (C=O) groups excluding carboxylic acids is 1. The van der Waals surface area contributed by atoms with Gasteiger partial charge in [-0.15, -0.1) is 0 Å². The third-order valence-corrected chi connectivity index (χ3v) is 4.00. The van der Waals surface area contributed by atoms with Crippen LogP contribution in [-0.2, 0) is 11.2 Å². The van der Waals surface area contributed by atoms with Crippen LogP contribution in [-0.4, -0.2) is 24.6 Å². The number of fused-ring (bicyclic) bond motifs is 1. The normalized spacial score (nSPS) is 22.4. The molecule has 0 fully saturated rings. The maximum atomic E-state index is 12.3. The minimum atomic E-state index is -0.131. The topological polar surface area (TPSA) is 46.5 Å².